The van der Waals surface area contributed by atoms with Gasteiger partial charge in [-0.1, -0.05) is 36.5 Å². The predicted molar refractivity (Wildman–Crippen MR) is 86.0 cm³/mol. The molecule has 0 spiro atoms. The first-order valence-corrected chi connectivity index (χ1v) is 7.99. The predicted octanol–water partition coefficient (Wildman–Crippen LogP) is 3.32. The number of hydrogen-bond acceptors (Lipinski definition) is 4. The van der Waals surface area contributed by atoms with Gasteiger partial charge in [0.05, 0.1) is 10.6 Å². The first-order chi connectivity index (χ1) is 9.92. The van der Waals surface area contributed by atoms with Crippen LogP contribution in [0.3, 0.4) is 0 Å². The van der Waals surface area contributed by atoms with Gasteiger partial charge in [-0.05, 0) is 44.8 Å². The van der Waals surface area contributed by atoms with Crippen LogP contribution in [0.25, 0.3) is 0 Å². The van der Waals surface area contributed by atoms with E-state index >= 15 is 0 Å². The Morgan fingerprint density at radius 3 is 2.81 bits per heavy atom. The number of pyridine rings is 1. The summed E-state index contributed by atoms with van der Waals surface area (Å²) in [6, 6.07) is 3.19. The topological polar surface area (TPSA) is 53.4 Å². The van der Waals surface area contributed by atoms with E-state index in [-0.39, 0.29) is 10.9 Å². The van der Waals surface area contributed by atoms with Crippen molar-refractivity contribution in [3.8, 4) is 0 Å². The third kappa shape index (κ3) is 3.11. The minimum Gasteiger partial charge on any atom is -0.437 e. The quantitative estimate of drug-likeness (QED) is 0.512. The van der Waals surface area contributed by atoms with Gasteiger partial charge in [0.1, 0.15) is 10.8 Å². The number of carbonyl (C=O) groups is 1. The molecule has 1 aromatic rings. The van der Waals surface area contributed by atoms with Crippen molar-refractivity contribution in [1.29, 1.82) is 0 Å². The van der Waals surface area contributed by atoms with Crippen LogP contribution >= 0.6 is 23.2 Å². The lowest BCUT2D eigenvalue weighted by molar-refractivity contribution is 0.0746. The highest BCUT2D eigenvalue weighted by Gasteiger charge is 2.49. The van der Waals surface area contributed by atoms with Crippen LogP contribution in [-0.2, 0) is 0 Å². The normalized spacial score (nSPS) is 22.5. The number of hydrogen-bond donors (Lipinski definition) is 1. The Balaban J connectivity index is 2.41. The maximum atomic E-state index is 13.0. The Labute approximate surface area is 135 Å². The van der Waals surface area contributed by atoms with E-state index in [0.717, 1.165) is 19.3 Å². The summed E-state index contributed by atoms with van der Waals surface area (Å²) in [7, 11) is -0.661. The molecule has 0 amide bonds. The zero-order valence-corrected chi connectivity index (χ0v) is 13.8. The van der Waals surface area contributed by atoms with E-state index in [2.05, 4.69) is 4.98 Å². The highest BCUT2D eigenvalue weighted by molar-refractivity contribution is 6.46. The lowest BCUT2D eigenvalue weighted by Gasteiger charge is -2.38. The van der Waals surface area contributed by atoms with Crippen molar-refractivity contribution >= 4 is 36.0 Å². The van der Waals surface area contributed by atoms with Gasteiger partial charge in [-0.2, -0.15) is 0 Å². The summed E-state index contributed by atoms with van der Waals surface area (Å²) >= 11 is 11.8. The van der Waals surface area contributed by atoms with E-state index in [1.54, 1.807) is 19.0 Å². The van der Waals surface area contributed by atoms with Crippen molar-refractivity contribution in [3.63, 3.8) is 0 Å². The molecule has 0 bridgehead atoms. The first-order valence-electron chi connectivity index (χ1n) is 7.24. The highest BCUT2D eigenvalue weighted by atomic mass is 35.5. The molecule has 1 aliphatic heterocycles. The smallest absolute Gasteiger partial charge is 0.377 e. The van der Waals surface area contributed by atoms with E-state index in [1.165, 1.54) is 0 Å². The molecule has 4 nitrogen and oxygen atoms in total. The molecule has 114 valence electrons. The SMILES string of the molecule is CCCC1(C(=O)c2ccc(Cl)c(Cl)n2)CCCN1B(C)O. The summed E-state index contributed by atoms with van der Waals surface area (Å²) < 4.78 is 0. The Bertz CT molecular complexity index is 542. The van der Waals surface area contributed by atoms with Crippen molar-refractivity contribution in [3.05, 3.63) is 28.0 Å². The van der Waals surface area contributed by atoms with Crippen molar-refractivity contribution < 1.29 is 9.82 Å². The van der Waals surface area contributed by atoms with Gasteiger partial charge in [-0.15, -0.1) is 0 Å². The van der Waals surface area contributed by atoms with Crippen molar-refractivity contribution in [2.75, 3.05) is 6.54 Å². The number of nitrogens with zero attached hydrogens (tertiary/aromatic N) is 2. The molecule has 7 heteroatoms. The monoisotopic (exact) mass is 328 g/mol. The minimum absolute atomic E-state index is 0.0821. The molecule has 1 atom stereocenters. The third-order valence-electron chi connectivity index (χ3n) is 4.11. The summed E-state index contributed by atoms with van der Waals surface area (Å²) in [5, 5.41) is 10.5. The Hall–Kier alpha value is -0.615. The van der Waals surface area contributed by atoms with E-state index in [9.17, 15) is 9.82 Å². The molecule has 21 heavy (non-hydrogen) atoms. The maximum absolute atomic E-state index is 13.0. The standard InChI is InChI=1S/C14H19BCl2N2O2/c1-3-7-14(8-4-9-19(14)15(2)21)12(20)11-6-5-10(16)13(17)18-11/h5-6,21H,3-4,7-9H2,1-2H3. The van der Waals surface area contributed by atoms with Crippen LogP contribution in [0.5, 0.6) is 0 Å². The van der Waals surface area contributed by atoms with Crippen LogP contribution in [-0.4, -0.2) is 39.7 Å². The van der Waals surface area contributed by atoms with Gasteiger partial charge in [0.15, 0.2) is 5.78 Å². The largest absolute Gasteiger partial charge is 0.437 e. The van der Waals surface area contributed by atoms with E-state index < -0.39 is 12.6 Å². The second-order valence-electron chi connectivity index (χ2n) is 5.51. The molecule has 1 aromatic heterocycles. The summed E-state index contributed by atoms with van der Waals surface area (Å²) in [6.45, 7) is 4.45. The average Bonchev–Trinajstić information content (AvgIpc) is 2.86. The Kier molecular flexibility index (Phi) is 5.31. The molecule has 1 N–H and O–H groups in total. The summed E-state index contributed by atoms with van der Waals surface area (Å²) in [5.74, 6) is -0.0821. The second-order valence-corrected chi connectivity index (χ2v) is 6.27. The lowest BCUT2D eigenvalue weighted by atomic mass is 9.75. The fourth-order valence-corrected chi connectivity index (χ4v) is 3.53. The fraction of sp³-hybridized carbons (Fsp3) is 0.571. The molecule has 0 aliphatic carbocycles. The highest BCUT2D eigenvalue weighted by Crippen LogP contribution is 2.37. The third-order valence-corrected chi connectivity index (χ3v) is 4.80. The zero-order chi connectivity index (χ0) is 15.6. The molecule has 1 unspecified atom stereocenters. The molecule has 0 radical (unpaired) electrons. The van der Waals surface area contributed by atoms with Gasteiger partial charge in [0, 0.05) is 0 Å². The van der Waals surface area contributed by atoms with Crippen LogP contribution in [0, 0.1) is 0 Å². The number of halogens is 2. The van der Waals surface area contributed by atoms with Crippen LogP contribution in [0.15, 0.2) is 12.1 Å². The number of carbonyl (C=O) groups excluding carboxylic acids is 1. The molecule has 2 heterocycles. The van der Waals surface area contributed by atoms with Crippen molar-refractivity contribution in [2.45, 2.75) is 45.0 Å². The molecule has 1 aliphatic rings. The Morgan fingerprint density at radius 2 is 2.24 bits per heavy atom. The average molecular weight is 329 g/mol. The minimum atomic E-state index is -0.687. The molecular formula is C14H19BCl2N2O2. The number of aromatic nitrogens is 1. The van der Waals surface area contributed by atoms with E-state index in [1.807, 2.05) is 11.7 Å². The van der Waals surface area contributed by atoms with Crippen LogP contribution < -0.4 is 0 Å². The van der Waals surface area contributed by atoms with E-state index in [0.29, 0.717) is 23.7 Å². The molecule has 0 saturated carbocycles. The van der Waals surface area contributed by atoms with Gasteiger partial charge in [-0.3, -0.25) is 4.79 Å². The fourth-order valence-electron chi connectivity index (χ4n) is 3.27. The van der Waals surface area contributed by atoms with Gasteiger partial charge in [0.25, 0.3) is 0 Å². The number of Topliss-reactive ketones (excluding diaryl/α,β-unsaturated/α-hetero) is 1. The van der Waals surface area contributed by atoms with E-state index in [4.69, 9.17) is 23.2 Å². The summed E-state index contributed by atoms with van der Waals surface area (Å²) in [5.41, 5.74) is -0.377. The lowest BCUT2D eigenvalue weighted by Crippen LogP contribution is -2.56. The molecule has 1 fully saturated rings. The van der Waals surface area contributed by atoms with Crippen LogP contribution in [0.1, 0.15) is 43.1 Å². The Morgan fingerprint density at radius 1 is 1.52 bits per heavy atom. The molecule has 0 aromatic carbocycles. The maximum Gasteiger partial charge on any atom is 0.377 e. The molecular weight excluding hydrogens is 310 g/mol. The van der Waals surface area contributed by atoms with Gasteiger partial charge >= 0.3 is 7.05 Å². The van der Waals surface area contributed by atoms with Crippen molar-refractivity contribution in [1.82, 2.24) is 9.79 Å². The number of ketones is 1. The van der Waals surface area contributed by atoms with Gasteiger partial charge < -0.3 is 9.83 Å². The van der Waals surface area contributed by atoms with Crippen LogP contribution in [0.2, 0.25) is 17.0 Å². The molecule has 1 saturated heterocycles. The van der Waals surface area contributed by atoms with Crippen molar-refractivity contribution in [2.24, 2.45) is 0 Å². The zero-order valence-electron chi connectivity index (χ0n) is 12.3. The van der Waals surface area contributed by atoms with Gasteiger partial charge in [0.2, 0.25) is 0 Å². The second kappa shape index (κ2) is 6.65. The molecule has 2 rings (SSSR count). The van der Waals surface area contributed by atoms with Gasteiger partial charge in [-0.25, -0.2) is 4.98 Å². The van der Waals surface area contributed by atoms with Crippen LogP contribution in [0.4, 0.5) is 0 Å². The summed E-state index contributed by atoms with van der Waals surface area (Å²) in [6.07, 6.45) is 3.17. The summed E-state index contributed by atoms with van der Waals surface area (Å²) in [4.78, 5) is 19.0. The first kappa shape index (κ1) is 16.8. The number of rotatable bonds is 5.